The van der Waals surface area contributed by atoms with Gasteiger partial charge in [0, 0.05) is 6.20 Å². The van der Waals surface area contributed by atoms with Crippen LogP contribution in [0.2, 0.25) is 0 Å². The lowest BCUT2D eigenvalue weighted by atomic mass is 10.4. The van der Waals surface area contributed by atoms with Gasteiger partial charge in [0.05, 0.1) is 6.61 Å². The fourth-order valence-corrected chi connectivity index (χ4v) is 1.39. The number of nitrogen functional groups attached to an aromatic ring is 1. The molecule has 2 heterocycles. The van der Waals surface area contributed by atoms with Crippen LogP contribution in [-0.4, -0.2) is 22.0 Å². The summed E-state index contributed by atoms with van der Waals surface area (Å²) in [5.74, 6) is -0.982. The highest BCUT2D eigenvalue weighted by molar-refractivity contribution is 5.93. The second-order valence-corrected chi connectivity index (χ2v) is 3.14. The number of pyridine rings is 1. The first-order valence-electron chi connectivity index (χ1n) is 4.73. The number of halogens is 1. The van der Waals surface area contributed by atoms with Gasteiger partial charge in [0.2, 0.25) is 0 Å². The number of hydrogen-bond donors (Lipinski definition) is 1. The number of carbonyl (C=O) groups excluding carboxylic acids is 1. The van der Waals surface area contributed by atoms with E-state index < -0.39 is 11.8 Å². The van der Waals surface area contributed by atoms with Gasteiger partial charge in [0.15, 0.2) is 5.69 Å². The Kier molecular flexibility index (Phi) is 2.47. The Morgan fingerprint density at radius 2 is 2.38 bits per heavy atom. The minimum atomic E-state index is -0.607. The number of fused-ring (bicyclic) bond motifs is 1. The number of ether oxygens (including phenoxy) is 1. The smallest absolute Gasteiger partial charge is 0.360 e. The van der Waals surface area contributed by atoms with E-state index in [2.05, 4.69) is 4.98 Å². The number of carbonyl (C=O) groups is 1. The van der Waals surface area contributed by atoms with E-state index in [9.17, 15) is 9.18 Å². The summed E-state index contributed by atoms with van der Waals surface area (Å²) in [6.45, 7) is 1.92. The van der Waals surface area contributed by atoms with Crippen LogP contribution in [0.25, 0.3) is 5.65 Å². The van der Waals surface area contributed by atoms with E-state index in [0.717, 1.165) is 0 Å². The van der Waals surface area contributed by atoms with Crippen molar-refractivity contribution in [1.82, 2.24) is 9.38 Å². The van der Waals surface area contributed by atoms with Gasteiger partial charge in [-0.2, -0.15) is 0 Å². The Balaban J connectivity index is 2.56. The third-order valence-corrected chi connectivity index (χ3v) is 2.09. The lowest BCUT2D eigenvalue weighted by Crippen LogP contribution is -2.08. The number of esters is 1. The van der Waals surface area contributed by atoms with Crippen molar-refractivity contribution in [1.29, 1.82) is 0 Å². The summed E-state index contributed by atoms with van der Waals surface area (Å²) >= 11 is 0. The molecule has 5 nitrogen and oxygen atoms in total. The summed E-state index contributed by atoms with van der Waals surface area (Å²) < 4.78 is 19.0. The molecule has 0 saturated heterocycles. The molecule has 0 bridgehead atoms. The first-order valence-corrected chi connectivity index (χ1v) is 4.73. The molecule has 0 unspecified atom stereocenters. The van der Waals surface area contributed by atoms with Crippen LogP contribution < -0.4 is 5.73 Å². The Bertz CT molecular complexity index is 550. The normalized spacial score (nSPS) is 10.6. The molecule has 2 aromatic heterocycles. The average Bonchev–Trinajstić information content (AvgIpc) is 2.57. The van der Waals surface area contributed by atoms with Crippen molar-refractivity contribution in [2.75, 3.05) is 12.3 Å². The molecule has 0 spiro atoms. The number of imidazole rings is 1. The van der Waals surface area contributed by atoms with Crippen molar-refractivity contribution >= 4 is 17.4 Å². The average molecular weight is 223 g/mol. The van der Waals surface area contributed by atoms with Crippen LogP contribution >= 0.6 is 0 Å². The van der Waals surface area contributed by atoms with Crippen LogP contribution in [0, 0.1) is 5.82 Å². The summed E-state index contributed by atoms with van der Waals surface area (Å²) in [4.78, 5) is 15.4. The number of aromatic nitrogens is 2. The third kappa shape index (κ3) is 1.58. The SMILES string of the molecule is CCOC(=O)c1nc2ccc(F)cn2c1N. The molecular formula is C10H10FN3O2. The first kappa shape index (κ1) is 10.4. The molecule has 0 aromatic carbocycles. The maximum atomic E-state index is 13.0. The molecule has 0 atom stereocenters. The molecule has 2 N–H and O–H groups in total. The van der Waals surface area contributed by atoms with Crippen molar-refractivity contribution in [3.63, 3.8) is 0 Å². The molecule has 0 aliphatic carbocycles. The summed E-state index contributed by atoms with van der Waals surface area (Å²) in [6.07, 6.45) is 1.17. The van der Waals surface area contributed by atoms with E-state index in [1.807, 2.05) is 0 Å². The van der Waals surface area contributed by atoms with Crippen LogP contribution in [0.15, 0.2) is 18.3 Å². The Morgan fingerprint density at radius 3 is 3.06 bits per heavy atom. The van der Waals surface area contributed by atoms with E-state index in [1.54, 1.807) is 6.92 Å². The van der Waals surface area contributed by atoms with E-state index in [0.29, 0.717) is 5.65 Å². The fourth-order valence-electron chi connectivity index (χ4n) is 1.39. The minimum Gasteiger partial charge on any atom is -0.461 e. The number of anilines is 1. The van der Waals surface area contributed by atoms with Gasteiger partial charge in [0.25, 0.3) is 0 Å². The number of rotatable bonds is 2. The second kappa shape index (κ2) is 3.80. The molecule has 2 aromatic rings. The molecule has 2 rings (SSSR count). The molecule has 16 heavy (non-hydrogen) atoms. The lowest BCUT2D eigenvalue weighted by Gasteiger charge is -1.98. The summed E-state index contributed by atoms with van der Waals surface area (Å²) in [7, 11) is 0. The van der Waals surface area contributed by atoms with Crippen molar-refractivity contribution in [3.05, 3.63) is 29.8 Å². The number of hydrogen-bond acceptors (Lipinski definition) is 4. The second-order valence-electron chi connectivity index (χ2n) is 3.14. The topological polar surface area (TPSA) is 69.6 Å². The molecule has 6 heteroatoms. The van der Waals surface area contributed by atoms with Gasteiger partial charge in [-0.3, -0.25) is 4.40 Å². The van der Waals surface area contributed by atoms with E-state index in [-0.39, 0.29) is 18.1 Å². The number of nitrogens with zero attached hydrogens (tertiary/aromatic N) is 2. The zero-order valence-corrected chi connectivity index (χ0v) is 8.61. The first-order chi connectivity index (χ1) is 7.63. The lowest BCUT2D eigenvalue weighted by molar-refractivity contribution is 0.0521. The van der Waals surface area contributed by atoms with Gasteiger partial charge < -0.3 is 10.5 Å². The van der Waals surface area contributed by atoms with Gasteiger partial charge in [0.1, 0.15) is 17.3 Å². The molecule has 84 valence electrons. The van der Waals surface area contributed by atoms with Crippen LogP contribution in [0.3, 0.4) is 0 Å². The number of nitrogens with two attached hydrogens (primary N) is 1. The van der Waals surface area contributed by atoms with Crippen LogP contribution in [0.1, 0.15) is 17.4 Å². The van der Waals surface area contributed by atoms with Crippen LogP contribution in [-0.2, 0) is 4.74 Å². The standard InChI is InChI=1S/C10H10FN3O2/c1-2-16-10(15)8-9(12)14-5-6(11)3-4-7(14)13-8/h3-5H,2,12H2,1H3. The van der Waals surface area contributed by atoms with Gasteiger partial charge in [-0.05, 0) is 19.1 Å². The quantitative estimate of drug-likeness (QED) is 0.777. The van der Waals surface area contributed by atoms with Crippen molar-refractivity contribution in [3.8, 4) is 0 Å². The highest BCUT2D eigenvalue weighted by atomic mass is 19.1. The van der Waals surface area contributed by atoms with Crippen molar-refractivity contribution in [2.24, 2.45) is 0 Å². The zero-order valence-electron chi connectivity index (χ0n) is 8.61. The molecule has 0 fully saturated rings. The van der Waals surface area contributed by atoms with Crippen LogP contribution in [0.5, 0.6) is 0 Å². The maximum Gasteiger partial charge on any atom is 0.360 e. The van der Waals surface area contributed by atoms with E-state index >= 15 is 0 Å². The molecule has 0 amide bonds. The van der Waals surface area contributed by atoms with Gasteiger partial charge >= 0.3 is 5.97 Å². The molecular weight excluding hydrogens is 213 g/mol. The van der Waals surface area contributed by atoms with Gasteiger partial charge in [-0.1, -0.05) is 0 Å². The fraction of sp³-hybridized carbons (Fsp3) is 0.200. The predicted molar refractivity (Wildman–Crippen MR) is 55.5 cm³/mol. The monoisotopic (exact) mass is 223 g/mol. The van der Waals surface area contributed by atoms with Crippen molar-refractivity contribution < 1.29 is 13.9 Å². The Hall–Kier alpha value is -2.11. The summed E-state index contributed by atoms with van der Waals surface area (Å²) in [5, 5.41) is 0. The summed E-state index contributed by atoms with van der Waals surface area (Å²) in [6, 6.07) is 2.69. The van der Waals surface area contributed by atoms with Crippen LogP contribution in [0.4, 0.5) is 10.2 Å². The molecule has 0 radical (unpaired) electrons. The van der Waals surface area contributed by atoms with E-state index in [4.69, 9.17) is 10.5 Å². The molecule has 0 aliphatic heterocycles. The van der Waals surface area contributed by atoms with Gasteiger partial charge in [-0.25, -0.2) is 14.2 Å². The maximum absolute atomic E-state index is 13.0. The highest BCUT2D eigenvalue weighted by Gasteiger charge is 2.17. The van der Waals surface area contributed by atoms with Gasteiger partial charge in [-0.15, -0.1) is 0 Å². The largest absolute Gasteiger partial charge is 0.461 e. The zero-order chi connectivity index (χ0) is 11.7. The van der Waals surface area contributed by atoms with E-state index in [1.165, 1.54) is 22.7 Å². The Morgan fingerprint density at radius 1 is 1.62 bits per heavy atom. The Labute approximate surface area is 90.6 Å². The van der Waals surface area contributed by atoms with Crippen molar-refractivity contribution in [2.45, 2.75) is 6.92 Å². The summed E-state index contributed by atoms with van der Waals surface area (Å²) in [5.41, 5.74) is 6.08. The minimum absolute atomic E-state index is 0.00690. The predicted octanol–water partition coefficient (Wildman–Crippen LogP) is 1.23. The highest BCUT2D eigenvalue weighted by Crippen LogP contribution is 2.16. The third-order valence-electron chi connectivity index (χ3n) is 2.09. The molecule has 0 saturated carbocycles. The molecule has 0 aliphatic rings.